The lowest BCUT2D eigenvalue weighted by Crippen LogP contribution is -2.26. The standard InChI is InChI=1S/C15H20ClNO3/c1-2-3-4-5-17-14(18)10-11-8-12(16)15-13(9-11)19-6-7-20-15/h8-9H,2-7,10H2,1H3,(H,17,18). The minimum Gasteiger partial charge on any atom is -0.486 e. The van der Waals surface area contributed by atoms with E-state index in [1.165, 1.54) is 0 Å². The van der Waals surface area contributed by atoms with Gasteiger partial charge in [0, 0.05) is 6.54 Å². The van der Waals surface area contributed by atoms with Crippen molar-refractivity contribution in [2.24, 2.45) is 0 Å². The normalized spacial score (nSPS) is 13.1. The third-order valence-electron chi connectivity index (χ3n) is 3.12. The van der Waals surface area contributed by atoms with Gasteiger partial charge in [0.25, 0.3) is 0 Å². The summed E-state index contributed by atoms with van der Waals surface area (Å²) >= 11 is 6.14. The smallest absolute Gasteiger partial charge is 0.224 e. The molecule has 0 radical (unpaired) electrons. The van der Waals surface area contributed by atoms with Crippen molar-refractivity contribution in [3.05, 3.63) is 22.7 Å². The molecule has 4 nitrogen and oxygen atoms in total. The Morgan fingerprint density at radius 2 is 2.10 bits per heavy atom. The zero-order valence-corrected chi connectivity index (χ0v) is 12.5. The molecule has 0 aliphatic carbocycles. The Morgan fingerprint density at radius 1 is 1.30 bits per heavy atom. The van der Waals surface area contributed by atoms with Crippen LogP contribution in [-0.2, 0) is 11.2 Å². The molecule has 1 N–H and O–H groups in total. The number of fused-ring (bicyclic) bond motifs is 1. The Balaban J connectivity index is 1.92. The van der Waals surface area contributed by atoms with Crippen LogP contribution in [0.5, 0.6) is 11.5 Å². The van der Waals surface area contributed by atoms with E-state index in [0.29, 0.717) is 36.2 Å². The summed E-state index contributed by atoms with van der Waals surface area (Å²) < 4.78 is 10.9. The molecule has 2 rings (SSSR count). The molecule has 0 saturated carbocycles. The Hall–Kier alpha value is -1.42. The minimum absolute atomic E-state index is 0.00819. The maximum Gasteiger partial charge on any atom is 0.224 e. The molecule has 1 amide bonds. The Bertz CT molecular complexity index is 476. The summed E-state index contributed by atoms with van der Waals surface area (Å²) in [5.74, 6) is 1.21. The predicted octanol–water partition coefficient (Wildman–Crippen LogP) is 2.96. The van der Waals surface area contributed by atoms with E-state index in [0.717, 1.165) is 31.4 Å². The van der Waals surface area contributed by atoms with E-state index in [1.54, 1.807) is 6.07 Å². The number of rotatable bonds is 6. The highest BCUT2D eigenvalue weighted by Gasteiger charge is 2.17. The molecule has 20 heavy (non-hydrogen) atoms. The summed E-state index contributed by atoms with van der Waals surface area (Å²) in [6.45, 7) is 3.88. The van der Waals surface area contributed by atoms with Crippen molar-refractivity contribution in [3.63, 3.8) is 0 Å². The lowest BCUT2D eigenvalue weighted by atomic mass is 10.1. The second kappa shape index (κ2) is 7.39. The van der Waals surface area contributed by atoms with E-state index in [1.807, 2.05) is 6.07 Å². The molecule has 0 fully saturated rings. The van der Waals surface area contributed by atoms with Gasteiger partial charge in [0.2, 0.25) is 5.91 Å². The molecule has 0 unspecified atom stereocenters. The molecule has 0 atom stereocenters. The van der Waals surface area contributed by atoms with Gasteiger partial charge in [0.1, 0.15) is 13.2 Å². The average Bonchev–Trinajstić information content (AvgIpc) is 2.44. The van der Waals surface area contributed by atoms with Gasteiger partial charge in [-0.2, -0.15) is 0 Å². The van der Waals surface area contributed by atoms with Gasteiger partial charge < -0.3 is 14.8 Å². The number of ether oxygens (including phenoxy) is 2. The average molecular weight is 298 g/mol. The molecule has 5 heteroatoms. The molecule has 0 spiro atoms. The number of hydrogen-bond acceptors (Lipinski definition) is 3. The maximum atomic E-state index is 11.8. The maximum absolute atomic E-state index is 11.8. The quantitative estimate of drug-likeness (QED) is 0.821. The summed E-state index contributed by atoms with van der Waals surface area (Å²) in [5, 5.41) is 3.41. The van der Waals surface area contributed by atoms with Crippen LogP contribution in [0.3, 0.4) is 0 Å². The summed E-state index contributed by atoms with van der Waals surface area (Å²) in [6.07, 6.45) is 3.61. The summed E-state index contributed by atoms with van der Waals surface area (Å²) in [6, 6.07) is 3.59. The van der Waals surface area contributed by atoms with E-state index in [2.05, 4.69) is 12.2 Å². The number of benzene rings is 1. The second-order valence-electron chi connectivity index (χ2n) is 4.84. The molecule has 1 heterocycles. The number of unbranched alkanes of at least 4 members (excludes halogenated alkanes) is 2. The van der Waals surface area contributed by atoms with Gasteiger partial charge in [-0.25, -0.2) is 0 Å². The van der Waals surface area contributed by atoms with E-state index in [4.69, 9.17) is 21.1 Å². The van der Waals surface area contributed by atoms with Crippen LogP contribution < -0.4 is 14.8 Å². The molecule has 1 aliphatic rings. The van der Waals surface area contributed by atoms with Crippen LogP contribution in [0.1, 0.15) is 31.7 Å². The SMILES string of the molecule is CCCCCNC(=O)Cc1cc(Cl)c2c(c1)OCCO2. The molecule has 1 aromatic carbocycles. The molecule has 110 valence electrons. The van der Waals surface area contributed by atoms with Crippen LogP contribution in [0.4, 0.5) is 0 Å². The van der Waals surface area contributed by atoms with Crippen molar-refractivity contribution >= 4 is 17.5 Å². The zero-order valence-electron chi connectivity index (χ0n) is 11.7. The van der Waals surface area contributed by atoms with Crippen LogP contribution in [0.25, 0.3) is 0 Å². The highest BCUT2D eigenvalue weighted by molar-refractivity contribution is 6.32. The van der Waals surface area contributed by atoms with Gasteiger partial charge in [-0.3, -0.25) is 4.79 Å². The largest absolute Gasteiger partial charge is 0.486 e. The fourth-order valence-electron chi connectivity index (χ4n) is 2.12. The molecule has 0 saturated heterocycles. The lowest BCUT2D eigenvalue weighted by molar-refractivity contribution is -0.120. The van der Waals surface area contributed by atoms with Crippen LogP contribution in [0.2, 0.25) is 5.02 Å². The highest BCUT2D eigenvalue weighted by atomic mass is 35.5. The number of hydrogen-bond donors (Lipinski definition) is 1. The fraction of sp³-hybridized carbons (Fsp3) is 0.533. The van der Waals surface area contributed by atoms with Crippen molar-refractivity contribution in [3.8, 4) is 11.5 Å². The predicted molar refractivity (Wildman–Crippen MR) is 78.7 cm³/mol. The van der Waals surface area contributed by atoms with Gasteiger partial charge in [-0.15, -0.1) is 0 Å². The number of carbonyl (C=O) groups excluding carboxylic acids is 1. The first-order chi connectivity index (χ1) is 9.70. The number of halogens is 1. The van der Waals surface area contributed by atoms with Crippen molar-refractivity contribution in [1.82, 2.24) is 5.32 Å². The number of nitrogens with one attached hydrogen (secondary N) is 1. The topological polar surface area (TPSA) is 47.6 Å². The fourth-order valence-corrected chi connectivity index (χ4v) is 2.40. The zero-order chi connectivity index (χ0) is 14.4. The molecule has 0 aromatic heterocycles. The van der Waals surface area contributed by atoms with Crippen LogP contribution in [-0.4, -0.2) is 25.7 Å². The second-order valence-corrected chi connectivity index (χ2v) is 5.24. The summed E-state index contributed by atoms with van der Waals surface area (Å²) in [4.78, 5) is 11.8. The molecular weight excluding hydrogens is 278 g/mol. The van der Waals surface area contributed by atoms with E-state index < -0.39 is 0 Å². The Kier molecular flexibility index (Phi) is 5.53. The third kappa shape index (κ3) is 4.04. The van der Waals surface area contributed by atoms with Gasteiger partial charge in [0.05, 0.1) is 11.4 Å². The van der Waals surface area contributed by atoms with Gasteiger partial charge in [0.15, 0.2) is 11.5 Å². The van der Waals surface area contributed by atoms with Crippen molar-refractivity contribution in [2.75, 3.05) is 19.8 Å². The summed E-state index contributed by atoms with van der Waals surface area (Å²) in [5.41, 5.74) is 0.840. The highest BCUT2D eigenvalue weighted by Crippen LogP contribution is 2.38. The van der Waals surface area contributed by atoms with E-state index in [9.17, 15) is 4.79 Å². The third-order valence-corrected chi connectivity index (χ3v) is 3.40. The van der Waals surface area contributed by atoms with Gasteiger partial charge >= 0.3 is 0 Å². The van der Waals surface area contributed by atoms with E-state index in [-0.39, 0.29) is 5.91 Å². The number of carbonyl (C=O) groups is 1. The van der Waals surface area contributed by atoms with Gasteiger partial charge in [-0.05, 0) is 24.1 Å². The first-order valence-electron chi connectivity index (χ1n) is 7.05. The van der Waals surface area contributed by atoms with Crippen molar-refractivity contribution in [2.45, 2.75) is 32.6 Å². The summed E-state index contributed by atoms with van der Waals surface area (Å²) in [7, 11) is 0. The Morgan fingerprint density at radius 3 is 2.90 bits per heavy atom. The molecule has 1 aromatic rings. The minimum atomic E-state index is 0.00819. The Labute approximate surface area is 124 Å². The van der Waals surface area contributed by atoms with Crippen molar-refractivity contribution in [1.29, 1.82) is 0 Å². The molecule has 1 aliphatic heterocycles. The van der Waals surface area contributed by atoms with E-state index >= 15 is 0 Å². The first-order valence-corrected chi connectivity index (χ1v) is 7.43. The number of amides is 1. The lowest BCUT2D eigenvalue weighted by Gasteiger charge is -2.20. The van der Waals surface area contributed by atoms with Crippen LogP contribution in [0.15, 0.2) is 12.1 Å². The van der Waals surface area contributed by atoms with Gasteiger partial charge in [-0.1, -0.05) is 31.4 Å². The molecule has 0 bridgehead atoms. The molecular formula is C15H20ClNO3. The van der Waals surface area contributed by atoms with Crippen LogP contribution >= 0.6 is 11.6 Å². The van der Waals surface area contributed by atoms with Crippen LogP contribution in [0, 0.1) is 0 Å². The first kappa shape index (κ1) is 15.0. The van der Waals surface area contributed by atoms with Crippen molar-refractivity contribution < 1.29 is 14.3 Å². The monoisotopic (exact) mass is 297 g/mol.